The number of β-amino-alcohol motifs (C(OH)–C–C–N with tert-alkyl or cyclic N) is 1. The van der Waals surface area contributed by atoms with E-state index in [0.29, 0.717) is 31.6 Å². The molecule has 2 unspecified atom stereocenters. The first-order valence-corrected chi connectivity index (χ1v) is 7.91. The maximum absolute atomic E-state index is 9.81. The van der Waals surface area contributed by atoms with Crippen LogP contribution in [-0.2, 0) is 11.3 Å². The summed E-state index contributed by atoms with van der Waals surface area (Å²) >= 11 is 0. The van der Waals surface area contributed by atoms with E-state index in [4.69, 9.17) is 9.26 Å². The molecule has 1 aliphatic heterocycles. The molecular formula is C15H28N4O3. The molecule has 0 saturated carbocycles. The van der Waals surface area contributed by atoms with E-state index in [-0.39, 0.29) is 5.92 Å². The number of aromatic nitrogens is 2. The van der Waals surface area contributed by atoms with Gasteiger partial charge in [0.05, 0.1) is 19.3 Å². The van der Waals surface area contributed by atoms with Crippen LogP contribution in [-0.4, -0.2) is 77.6 Å². The Bertz CT molecular complexity index is 452. The highest BCUT2D eigenvalue weighted by atomic mass is 16.5. The molecule has 0 aromatic carbocycles. The number of hydrogen-bond donors (Lipinski definition) is 1. The summed E-state index contributed by atoms with van der Waals surface area (Å²) in [5.74, 6) is 1.69. The minimum absolute atomic E-state index is 0.260. The Balaban J connectivity index is 1.79. The Kier molecular flexibility index (Phi) is 6.31. The average Bonchev–Trinajstić information content (AvgIpc) is 3.08. The molecule has 1 N–H and O–H groups in total. The third kappa shape index (κ3) is 4.74. The van der Waals surface area contributed by atoms with Gasteiger partial charge in [0.2, 0.25) is 5.89 Å². The van der Waals surface area contributed by atoms with E-state index < -0.39 is 6.10 Å². The van der Waals surface area contributed by atoms with Crippen molar-refractivity contribution in [2.45, 2.75) is 44.9 Å². The molecule has 0 amide bonds. The lowest BCUT2D eigenvalue weighted by atomic mass is 10.2. The van der Waals surface area contributed by atoms with Gasteiger partial charge in [0, 0.05) is 32.2 Å². The molecule has 2 heterocycles. The van der Waals surface area contributed by atoms with E-state index in [1.54, 1.807) is 7.11 Å². The van der Waals surface area contributed by atoms with Gasteiger partial charge in [-0.15, -0.1) is 0 Å². The SMILES string of the molecule is COCC(O)CN1CCC(N(C)Cc2noc(C(C)C)n2)C1. The van der Waals surface area contributed by atoms with Crippen LogP contribution in [0.4, 0.5) is 0 Å². The topological polar surface area (TPSA) is 74.9 Å². The van der Waals surface area contributed by atoms with Gasteiger partial charge in [0.15, 0.2) is 5.82 Å². The number of likely N-dealkylation sites (tertiary alicyclic amines) is 1. The standard InChI is InChI=1S/C15H28N4O3/c1-11(2)15-16-14(17-22-15)9-18(3)12-5-6-19(7-12)8-13(20)10-21-4/h11-13,20H,5-10H2,1-4H3. The summed E-state index contributed by atoms with van der Waals surface area (Å²) in [5, 5.41) is 13.9. The van der Waals surface area contributed by atoms with Gasteiger partial charge in [-0.05, 0) is 20.0 Å². The third-order valence-corrected chi connectivity index (χ3v) is 4.07. The van der Waals surface area contributed by atoms with Crippen LogP contribution in [0.1, 0.15) is 37.9 Å². The fourth-order valence-corrected chi connectivity index (χ4v) is 2.80. The Morgan fingerprint density at radius 3 is 2.91 bits per heavy atom. The zero-order valence-electron chi connectivity index (χ0n) is 14.0. The van der Waals surface area contributed by atoms with Crippen LogP contribution in [0.3, 0.4) is 0 Å². The number of hydrogen-bond acceptors (Lipinski definition) is 7. The molecule has 0 spiro atoms. The van der Waals surface area contributed by atoms with Gasteiger partial charge in [-0.3, -0.25) is 9.80 Å². The van der Waals surface area contributed by atoms with E-state index in [1.807, 2.05) is 13.8 Å². The lowest BCUT2D eigenvalue weighted by Gasteiger charge is -2.24. The highest BCUT2D eigenvalue weighted by Crippen LogP contribution is 2.17. The molecule has 2 atom stereocenters. The van der Waals surface area contributed by atoms with Crippen molar-refractivity contribution in [3.05, 3.63) is 11.7 Å². The van der Waals surface area contributed by atoms with E-state index in [9.17, 15) is 5.11 Å². The number of rotatable bonds is 8. The molecule has 7 heteroatoms. The molecule has 2 rings (SSSR count). The van der Waals surface area contributed by atoms with Crippen molar-refractivity contribution in [2.24, 2.45) is 0 Å². The van der Waals surface area contributed by atoms with Crippen molar-refractivity contribution < 1.29 is 14.4 Å². The van der Waals surface area contributed by atoms with Crippen molar-refractivity contribution in [3.8, 4) is 0 Å². The predicted molar refractivity (Wildman–Crippen MR) is 82.6 cm³/mol. The second-order valence-electron chi connectivity index (χ2n) is 6.43. The number of aliphatic hydroxyl groups is 1. The fraction of sp³-hybridized carbons (Fsp3) is 0.867. The molecule has 1 aromatic rings. The third-order valence-electron chi connectivity index (χ3n) is 4.07. The Morgan fingerprint density at radius 2 is 2.27 bits per heavy atom. The van der Waals surface area contributed by atoms with E-state index >= 15 is 0 Å². The minimum atomic E-state index is -0.417. The molecule has 0 radical (unpaired) electrons. The molecule has 126 valence electrons. The Labute approximate surface area is 132 Å². The lowest BCUT2D eigenvalue weighted by Crippen LogP contribution is -2.37. The van der Waals surface area contributed by atoms with Gasteiger partial charge in [-0.25, -0.2) is 0 Å². The average molecular weight is 312 g/mol. The second-order valence-corrected chi connectivity index (χ2v) is 6.43. The van der Waals surface area contributed by atoms with Gasteiger partial charge < -0.3 is 14.4 Å². The number of nitrogens with zero attached hydrogens (tertiary/aromatic N) is 4. The highest BCUT2D eigenvalue weighted by Gasteiger charge is 2.27. The molecule has 1 aromatic heterocycles. The normalized spacial score (nSPS) is 21.1. The first kappa shape index (κ1) is 17.3. The molecule has 7 nitrogen and oxygen atoms in total. The maximum atomic E-state index is 9.81. The maximum Gasteiger partial charge on any atom is 0.229 e. The van der Waals surface area contributed by atoms with Crippen LogP contribution in [0, 0.1) is 0 Å². The van der Waals surface area contributed by atoms with Crippen molar-refractivity contribution in [2.75, 3.05) is 40.4 Å². The Morgan fingerprint density at radius 1 is 1.50 bits per heavy atom. The van der Waals surface area contributed by atoms with Crippen LogP contribution in [0.5, 0.6) is 0 Å². The van der Waals surface area contributed by atoms with Gasteiger partial charge in [-0.1, -0.05) is 19.0 Å². The zero-order valence-corrected chi connectivity index (χ0v) is 14.0. The first-order chi connectivity index (χ1) is 10.5. The van der Waals surface area contributed by atoms with E-state index in [0.717, 1.165) is 25.3 Å². The monoisotopic (exact) mass is 312 g/mol. The number of methoxy groups -OCH3 is 1. The first-order valence-electron chi connectivity index (χ1n) is 7.91. The molecule has 22 heavy (non-hydrogen) atoms. The van der Waals surface area contributed by atoms with Gasteiger partial charge in [0.25, 0.3) is 0 Å². The summed E-state index contributed by atoms with van der Waals surface area (Å²) in [6, 6.07) is 0.454. The molecule has 1 fully saturated rings. The zero-order chi connectivity index (χ0) is 16.1. The summed E-state index contributed by atoms with van der Waals surface area (Å²) in [4.78, 5) is 8.96. The number of likely N-dealkylation sites (N-methyl/N-ethyl adjacent to an activating group) is 1. The van der Waals surface area contributed by atoms with Gasteiger partial charge in [0.1, 0.15) is 0 Å². The quantitative estimate of drug-likeness (QED) is 0.757. The van der Waals surface area contributed by atoms with Crippen molar-refractivity contribution in [1.82, 2.24) is 19.9 Å². The molecule has 0 bridgehead atoms. The molecule has 1 aliphatic rings. The Hall–Kier alpha value is -1.02. The molecular weight excluding hydrogens is 284 g/mol. The summed E-state index contributed by atoms with van der Waals surface area (Å²) in [5.41, 5.74) is 0. The summed E-state index contributed by atoms with van der Waals surface area (Å²) < 4.78 is 10.2. The predicted octanol–water partition coefficient (Wildman–Crippen LogP) is 0.706. The highest BCUT2D eigenvalue weighted by molar-refractivity contribution is 4.92. The summed E-state index contributed by atoms with van der Waals surface area (Å²) in [6.07, 6.45) is 0.672. The largest absolute Gasteiger partial charge is 0.389 e. The number of aliphatic hydroxyl groups excluding tert-OH is 1. The van der Waals surface area contributed by atoms with Gasteiger partial charge in [-0.2, -0.15) is 4.98 Å². The fourth-order valence-electron chi connectivity index (χ4n) is 2.80. The van der Waals surface area contributed by atoms with Crippen molar-refractivity contribution in [3.63, 3.8) is 0 Å². The van der Waals surface area contributed by atoms with Gasteiger partial charge >= 0.3 is 0 Å². The van der Waals surface area contributed by atoms with Crippen LogP contribution in [0.25, 0.3) is 0 Å². The summed E-state index contributed by atoms with van der Waals surface area (Å²) in [7, 11) is 3.70. The van der Waals surface area contributed by atoms with Crippen LogP contribution >= 0.6 is 0 Å². The van der Waals surface area contributed by atoms with E-state index in [1.165, 1.54) is 0 Å². The van der Waals surface area contributed by atoms with Crippen LogP contribution in [0.2, 0.25) is 0 Å². The summed E-state index contributed by atoms with van der Waals surface area (Å²) in [6.45, 7) is 7.78. The number of ether oxygens (including phenoxy) is 1. The lowest BCUT2D eigenvalue weighted by molar-refractivity contribution is 0.0413. The van der Waals surface area contributed by atoms with Crippen LogP contribution in [0.15, 0.2) is 4.52 Å². The molecule has 1 saturated heterocycles. The van der Waals surface area contributed by atoms with Crippen molar-refractivity contribution >= 4 is 0 Å². The smallest absolute Gasteiger partial charge is 0.229 e. The minimum Gasteiger partial charge on any atom is -0.389 e. The molecule has 0 aliphatic carbocycles. The van der Waals surface area contributed by atoms with Crippen molar-refractivity contribution in [1.29, 1.82) is 0 Å². The second kappa shape index (κ2) is 8.01. The van der Waals surface area contributed by atoms with E-state index in [2.05, 4.69) is 27.0 Å². The van der Waals surface area contributed by atoms with Crippen LogP contribution < -0.4 is 0 Å².